The lowest BCUT2D eigenvalue weighted by Gasteiger charge is -2.12. The van der Waals surface area contributed by atoms with Gasteiger partial charge in [0.1, 0.15) is 26.1 Å². The highest BCUT2D eigenvalue weighted by atomic mass is 32.2. The Morgan fingerprint density at radius 2 is 0.893 bits per heavy atom. The number of nitrogens with zero attached hydrogens (tertiary/aromatic N) is 8. The van der Waals surface area contributed by atoms with Gasteiger partial charge in [0.05, 0.1) is 39.0 Å². The Balaban J connectivity index is 0.990. The molecule has 0 bridgehead atoms. The highest BCUT2D eigenvalue weighted by molar-refractivity contribution is 7.87. The van der Waals surface area contributed by atoms with Gasteiger partial charge in [0, 0.05) is 22.1 Å². The maximum atomic E-state index is 12.5. The van der Waals surface area contributed by atoms with Crippen molar-refractivity contribution in [3.05, 3.63) is 149 Å². The third-order valence-electron chi connectivity index (χ3n) is 11.4. The number of aryl methyl sites for hydroxylation is 5. The Hall–Kier alpha value is -8.08. The summed E-state index contributed by atoms with van der Waals surface area (Å²) in [6, 6.07) is 30.0. The summed E-state index contributed by atoms with van der Waals surface area (Å²) < 4.78 is 138. The molecule has 0 spiro atoms. The Kier molecular flexibility index (Phi) is 14.4. The van der Waals surface area contributed by atoms with Crippen molar-refractivity contribution in [2.24, 2.45) is 40.9 Å². The Bertz CT molecular complexity index is 4260. The lowest BCUT2D eigenvalue weighted by Crippen LogP contribution is -2.05. The van der Waals surface area contributed by atoms with Gasteiger partial charge in [-0.25, -0.2) is 0 Å². The van der Waals surface area contributed by atoms with Crippen molar-refractivity contribution in [2.45, 2.75) is 54.2 Å². The van der Waals surface area contributed by atoms with E-state index in [2.05, 4.69) is 46.2 Å². The van der Waals surface area contributed by atoms with Crippen LogP contribution in [0, 0.1) is 34.6 Å². The van der Waals surface area contributed by atoms with Gasteiger partial charge in [-0.15, -0.1) is 15.3 Å². The van der Waals surface area contributed by atoms with Crippen LogP contribution in [0.15, 0.2) is 182 Å². The number of para-hydroxylation sites is 1. The smallest absolute Gasteiger partial charge is 0.296 e. The number of phenolic OH excluding ortho intramolecular Hbond substituents is 1. The molecule has 384 valence electrons. The Labute approximate surface area is 429 Å². The first-order valence-electron chi connectivity index (χ1n) is 21.8. The van der Waals surface area contributed by atoms with Gasteiger partial charge in [0.25, 0.3) is 40.5 Å². The van der Waals surface area contributed by atoms with Gasteiger partial charge >= 0.3 is 0 Å². The Morgan fingerprint density at radius 3 is 1.49 bits per heavy atom. The molecule has 0 fully saturated rings. The normalized spacial score (nSPS) is 12.9. The van der Waals surface area contributed by atoms with Crippen molar-refractivity contribution < 1.29 is 57.0 Å². The van der Waals surface area contributed by atoms with E-state index in [1.54, 1.807) is 95.3 Å². The summed E-state index contributed by atoms with van der Waals surface area (Å²) in [5.41, 5.74) is 5.76. The lowest BCUT2D eigenvalue weighted by molar-refractivity contribution is 0.472. The van der Waals surface area contributed by atoms with E-state index in [1.807, 2.05) is 30.3 Å². The fourth-order valence-corrected chi connectivity index (χ4v) is 10.4. The van der Waals surface area contributed by atoms with Gasteiger partial charge in [-0.05, 0) is 176 Å². The van der Waals surface area contributed by atoms with Crippen molar-refractivity contribution in [3.8, 4) is 5.75 Å². The minimum atomic E-state index is -5.15. The largest absolute Gasteiger partial charge is 0.505 e. The molecule has 8 aromatic carbocycles. The number of anilines is 2. The Morgan fingerprint density at radius 1 is 0.373 bits per heavy atom. The van der Waals surface area contributed by atoms with E-state index < -0.39 is 88.0 Å². The van der Waals surface area contributed by atoms with Crippen LogP contribution in [0.5, 0.6) is 5.75 Å². The van der Waals surface area contributed by atoms with Gasteiger partial charge < -0.3 is 10.4 Å². The maximum Gasteiger partial charge on any atom is 0.296 e. The molecule has 0 amide bonds. The van der Waals surface area contributed by atoms with Crippen LogP contribution in [-0.4, -0.2) is 57.0 Å². The van der Waals surface area contributed by atoms with E-state index in [0.29, 0.717) is 73.4 Å². The number of hydrogen-bond acceptors (Lipinski definition) is 18. The molecule has 75 heavy (non-hydrogen) atoms. The number of rotatable bonds is 14. The lowest BCUT2D eigenvalue weighted by atomic mass is 10.1. The average Bonchev–Trinajstić information content (AvgIpc) is 3.32. The van der Waals surface area contributed by atoms with Crippen LogP contribution in [0.25, 0.3) is 21.5 Å². The molecule has 6 N–H and O–H groups in total. The number of nitrogens with one attached hydrogen (secondary N) is 1. The molecule has 0 heterocycles. The van der Waals surface area contributed by atoms with E-state index >= 15 is 0 Å². The van der Waals surface area contributed by atoms with Crippen LogP contribution in [0.4, 0.5) is 56.9 Å². The number of hydrogen-bond donors (Lipinski definition) is 6. The summed E-state index contributed by atoms with van der Waals surface area (Å²) in [7, 11) is -20.1. The van der Waals surface area contributed by atoms with Crippen LogP contribution in [0.1, 0.15) is 27.8 Å². The van der Waals surface area contributed by atoms with Crippen LogP contribution in [0.2, 0.25) is 0 Å². The SMILES string of the molecule is Cc1cc(N=Nc2cc(C)c(N=Nc3c(S(=O)(=O)O)cc4cc(Nc5ccccc5)ccc4c3O)cc2C)ccc1N=Nc1cc(C)c(N=Nc2cc3c(S(=O)(=O)O)cc(S(=O)(=O)O)cc3cc2S(=O)(=O)O)c(C)c1. The van der Waals surface area contributed by atoms with E-state index in [9.17, 15) is 57.0 Å². The second kappa shape index (κ2) is 20.3. The van der Waals surface area contributed by atoms with Crippen molar-refractivity contribution in [2.75, 3.05) is 5.32 Å². The molecule has 0 saturated carbocycles. The molecule has 0 atom stereocenters. The number of aromatic hydroxyl groups is 1. The number of phenols is 1. The molecule has 0 aliphatic rings. The van der Waals surface area contributed by atoms with Crippen LogP contribution < -0.4 is 5.32 Å². The molecular formula is C49H41N9O13S4. The predicted octanol–water partition coefficient (Wildman–Crippen LogP) is 13.6. The van der Waals surface area contributed by atoms with E-state index in [4.69, 9.17) is 0 Å². The number of azo groups is 4. The maximum absolute atomic E-state index is 12.5. The molecule has 0 radical (unpaired) electrons. The van der Waals surface area contributed by atoms with E-state index in [-0.39, 0.29) is 11.1 Å². The molecule has 0 aliphatic carbocycles. The van der Waals surface area contributed by atoms with Gasteiger partial charge in [0.2, 0.25) is 0 Å². The zero-order valence-corrected chi connectivity index (χ0v) is 43.0. The summed E-state index contributed by atoms with van der Waals surface area (Å²) >= 11 is 0. The molecule has 26 heteroatoms. The first kappa shape index (κ1) is 53.2. The van der Waals surface area contributed by atoms with Crippen molar-refractivity contribution in [1.82, 2.24) is 0 Å². The first-order valence-corrected chi connectivity index (χ1v) is 27.5. The molecule has 8 aromatic rings. The summed E-state index contributed by atoms with van der Waals surface area (Å²) in [5, 5.41) is 48.3. The second-order valence-electron chi connectivity index (χ2n) is 17.0. The summed E-state index contributed by atoms with van der Waals surface area (Å²) in [6.07, 6.45) is 0. The third kappa shape index (κ3) is 12.0. The quantitative estimate of drug-likeness (QED) is 0.0435. The predicted molar refractivity (Wildman–Crippen MR) is 278 cm³/mol. The molecule has 8 rings (SSSR count). The minimum Gasteiger partial charge on any atom is -0.505 e. The monoisotopic (exact) mass is 1090 g/mol. The summed E-state index contributed by atoms with van der Waals surface area (Å²) in [5.74, 6) is -0.490. The zero-order valence-electron chi connectivity index (χ0n) is 39.8. The number of benzene rings is 8. The van der Waals surface area contributed by atoms with Crippen LogP contribution in [-0.2, 0) is 40.5 Å². The summed E-state index contributed by atoms with van der Waals surface area (Å²) in [4.78, 5) is -3.47. The van der Waals surface area contributed by atoms with E-state index in [1.165, 1.54) is 6.07 Å². The van der Waals surface area contributed by atoms with E-state index in [0.717, 1.165) is 23.9 Å². The van der Waals surface area contributed by atoms with Gasteiger partial charge in [-0.2, -0.15) is 59.2 Å². The molecule has 0 saturated heterocycles. The molecule has 0 unspecified atom stereocenters. The molecule has 0 aromatic heterocycles. The molecular weight excluding hydrogens is 1050 g/mol. The molecule has 0 aliphatic heterocycles. The van der Waals surface area contributed by atoms with Crippen molar-refractivity contribution in [3.63, 3.8) is 0 Å². The number of fused-ring (bicyclic) bond motifs is 2. The topological polar surface area (TPSA) is 349 Å². The average molecular weight is 1090 g/mol. The highest BCUT2D eigenvalue weighted by Crippen LogP contribution is 2.44. The first-order chi connectivity index (χ1) is 35.1. The van der Waals surface area contributed by atoms with Gasteiger partial charge in [0.15, 0.2) is 5.75 Å². The van der Waals surface area contributed by atoms with Crippen LogP contribution >= 0.6 is 0 Å². The van der Waals surface area contributed by atoms with Crippen LogP contribution in [0.3, 0.4) is 0 Å². The highest BCUT2D eigenvalue weighted by Gasteiger charge is 2.26. The van der Waals surface area contributed by atoms with Gasteiger partial charge in [-0.1, -0.05) is 18.2 Å². The zero-order chi connectivity index (χ0) is 54.4. The standard InChI is InChI=1S/C49H41N9O13S4/c1-26-15-35(51-54-41-18-28(3)42(19-27(41)2)55-58-48-46(75(69,70)71)23-31-20-34(11-13-38(31)49(48)59)50-33-9-7-6-8-10-33)12-14-40(26)53-52-36-16-29(4)47(30(5)17-36)57-56-43-25-39-32(22-45(43)74(66,67)68)21-37(72(60,61)62)24-44(39)73(63,64)65/h6-25,50,59H,1-5H3,(H,60,61,62)(H,63,64,65)(H,66,67,68)(H,69,70,71). The van der Waals surface area contributed by atoms with Crippen molar-refractivity contribution >= 4 is 119 Å². The van der Waals surface area contributed by atoms with Crippen molar-refractivity contribution in [1.29, 1.82) is 0 Å². The third-order valence-corrected chi connectivity index (χ3v) is 14.9. The fourth-order valence-electron chi connectivity index (χ4n) is 7.77. The minimum absolute atomic E-state index is 0.241. The second-order valence-corrected chi connectivity index (χ2v) is 22.6. The fraction of sp³-hybridized carbons (Fsp3) is 0.102. The summed E-state index contributed by atoms with van der Waals surface area (Å²) in [6.45, 7) is 8.61. The van der Waals surface area contributed by atoms with Gasteiger partial charge in [-0.3, -0.25) is 18.2 Å². The molecule has 22 nitrogen and oxygen atoms in total.